The van der Waals surface area contributed by atoms with Gasteiger partial charge >= 0.3 is 0 Å². The second kappa shape index (κ2) is 7.26. The first kappa shape index (κ1) is 18.5. The fraction of sp³-hybridized carbons (Fsp3) is 0.100. The van der Waals surface area contributed by atoms with E-state index in [2.05, 4.69) is 10.2 Å². The molecule has 0 saturated heterocycles. The highest BCUT2D eigenvalue weighted by Crippen LogP contribution is 2.28. The Bertz CT molecular complexity index is 1240. The zero-order valence-electron chi connectivity index (χ0n) is 15.0. The molecule has 4 aromatic rings. The number of hydrogen-bond acceptors (Lipinski definition) is 4. The Morgan fingerprint density at radius 2 is 1.68 bits per heavy atom. The highest BCUT2D eigenvalue weighted by molar-refractivity contribution is 7.92. The van der Waals surface area contributed by atoms with Gasteiger partial charge in [0.2, 0.25) is 0 Å². The monoisotopic (exact) mass is 412 g/mol. The molecule has 0 aliphatic carbocycles. The molecule has 0 atom stereocenters. The Hall–Kier alpha value is -2.90. The van der Waals surface area contributed by atoms with Gasteiger partial charge in [-0.3, -0.25) is 8.71 Å². The van der Waals surface area contributed by atoms with E-state index < -0.39 is 10.0 Å². The summed E-state index contributed by atoms with van der Waals surface area (Å²) in [5, 5.41) is 8.52. The fourth-order valence-corrected chi connectivity index (χ4v) is 4.59. The van der Waals surface area contributed by atoms with E-state index in [0.717, 1.165) is 5.56 Å². The number of sulfonamides is 1. The van der Waals surface area contributed by atoms with Crippen molar-refractivity contribution in [3.05, 3.63) is 89.3 Å². The molecule has 0 radical (unpaired) electrons. The average molecular weight is 413 g/mol. The summed E-state index contributed by atoms with van der Waals surface area (Å²) >= 11 is 6.29. The molecule has 0 saturated carbocycles. The minimum Gasteiger partial charge on any atom is -0.285 e. The van der Waals surface area contributed by atoms with Gasteiger partial charge in [-0.25, -0.2) is 8.42 Å². The van der Waals surface area contributed by atoms with Crippen molar-refractivity contribution < 1.29 is 8.42 Å². The lowest BCUT2D eigenvalue weighted by atomic mass is 10.2. The van der Waals surface area contributed by atoms with E-state index in [1.54, 1.807) is 60.0 Å². The van der Waals surface area contributed by atoms with Crippen LogP contribution in [0.3, 0.4) is 0 Å². The third-order valence-electron chi connectivity index (χ3n) is 4.45. The van der Waals surface area contributed by atoms with E-state index in [-0.39, 0.29) is 11.4 Å². The average Bonchev–Trinajstić information content (AvgIpc) is 3.08. The third kappa shape index (κ3) is 3.34. The van der Waals surface area contributed by atoms with Crippen LogP contribution in [0.1, 0.15) is 11.4 Å². The number of benzene rings is 2. The van der Waals surface area contributed by atoms with Crippen molar-refractivity contribution in [2.75, 3.05) is 4.31 Å². The Labute approximate surface area is 168 Å². The predicted molar refractivity (Wildman–Crippen MR) is 109 cm³/mol. The Kier molecular flexibility index (Phi) is 4.78. The summed E-state index contributed by atoms with van der Waals surface area (Å²) in [5.41, 5.74) is 1.87. The van der Waals surface area contributed by atoms with Crippen molar-refractivity contribution in [1.82, 2.24) is 14.6 Å². The lowest BCUT2D eigenvalue weighted by molar-refractivity contribution is 0.590. The summed E-state index contributed by atoms with van der Waals surface area (Å²) in [6.07, 6.45) is 1.54. The van der Waals surface area contributed by atoms with Crippen molar-refractivity contribution in [3.63, 3.8) is 0 Å². The lowest BCUT2D eigenvalue weighted by Gasteiger charge is -2.25. The highest BCUT2D eigenvalue weighted by atomic mass is 35.5. The van der Waals surface area contributed by atoms with Crippen LogP contribution >= 0.6 is 11.6 Å². The molecule has 0 spiro atoms. The van der Waals surface area contributed by atoms with Gasteiger partial charge in [-0.05, 0) is 42.8 Å². The quantitative estimate of drug-likeness (QED) is 0.495. The summed E-state index contributed by atoms with van der Waals surface area (Å²) in [4.78, 5) is 0.152. The van der Waals surface area contributed by atoms with Crippen LogP contribution in [0.2, 0.25) is 5.02 Å². The molecule has 2 heterocycles. The molecule has 0 amide bonds. The molecule has 6 nitrogen and oxygen atoms in total. The van der Waals surface area contributed by atoms with Gasteiger partial charge in [0.25, 0.3) is 10.0 Å². The summed E-state index contributed by atoms with van der Waals surface area (Å²) in [6.45, 7) is 1.89. The maximum Gasteiger partial charge on any atom is 0.266 e. The number of para-hydroxylation sites is 1. The van der Waals surface area contributed by atoms with Crippen molar-refractivity contribution in [2.45, 2.75) is 18.4 Å². The van der Waals surface area contributed by atoms with Crippen LogP contribution in [0, 0.1) is 6.92 Å². The van der Waals surface area contributed by atoms with Gasteiger partial charge in [-0.1, -0.05) is 48.0 Å². The number of pyridine rings is 1. The first-order valence-corrected chi connectivity index (χ1v) is 10.4. The van der Waals surface area contributed by atoms with Crippen LogP contribution < -0.4 is 4.31 Å². The predicted octanol–water partition coefficient (Wildman–Crippen LogP) is 4.09. The van der Waals surface area contributed by atoms with Crippen molar-refractivity contribution in [1.29, 1.82) is 0 Å². The van der Waals surface area contributed by atoms with Gasteiger partial charge in [0.1, 0.15) is 10.7 Å². The SMILES string of the molecule is Cc1nnc2ccc(S(=O)(=O)N(Cc3ccccc3Cl)c3ccccc3)cn12. The van der Waals surface area contributed by atoms with Crippen LogP contribution in [-0.2, 0) is 16.6 Å². The Morgan fingerprint density at radius 3 is 2.43 bits per heavy atom. The minimum atomic E-state index is -3.86. The molecule has 0 bridgehead atoms. The number of rotatable bonds is 5. The van der Waals surface area contributed by atoms with Gasteiger partial charge < -0.3 is 0 Å². The fourth-order valence-electron chi connectivity index (χ4n) is 2.96. The van der Waals surface area contributed by atoms with Crippen LogP contribution in [0.25, 0.3) is 5.65 Å². The van der Waals surface area contributed by atoms with Crippen LogP contribution in [0.5, 0.6) is 0 Å². The number of aryl methyl sites for hydroxylation is 1. The Balaban J connectivity index is 1.84. The van der Waals surface area contributed by atoms with E-state index in [1.165, 1.54) is 4.31 Å². The maximum atomic E-state index is 13.6. The first-order valence-electron chi connectivity index (χ1n) is 8.59. The van der Waals surface area contributed by atoms with E-state index in [9.17, 15) is 8.42 Å². The number of halogens is 1. The van der Waals surface area contributed by atoms with Gasteiger partial charge in [0, 0.05) is 11.2 Å². The van der Waals surface area contributed by atoms with E-state index in [4.69, 9.17) is 11.6 Å². The topological polar surface area (TPSA) is 67.6 Å². The molecular formula is C20H17ClN4O2S. The zero-order chi connectivity index (χ0) is 19.7. The summed E-state index contributed by atoms with van der Waals surface area (Å²) in [6, 6.07) is 19.4. The molecule has 2 aromatic carbocycles. The zero-order valence-corrected chi connectivity index (χ0v) is 16.6. The molecule has 4 rings (SSSR count). The number of aromatic nitrogens is 3. The molecule has 2 aromatic heterocycles. The van der Waals surface area contributed by atoms with Crippen molar-refractivity contribution >= 4 is 33.0 Å². The number of hydrogen-bond donors (Lipinski definition) is 0. The summed E-state index contributed by atoms with van der Waals surface area (Å²) < 4.78 is 30.1. The molecule has 0 unspecified atom stereocenters. The Morgan fingerprint density at radius 1 is 0.964 bits per heavy atom. The highest BCUT2D eigenvalue weighted by Gasteiger charge is 2.26. The van der Waals surface area contributed by atoms with Crippen molar-refractivity contribution in [2.24, 2.45) is 0 Å². The van der Waals surface area contributed by atoms with E-state index >= 15 is 0 Å². The second-order valence-corrected chi connectivity index (χ2v) is 8.55. The molecular weight excluding hydrogens is 396 g/mol. The number of nitrogens with zero attached hydrogens (tertiary/aromatic N) is 4. The third-order valence-corrected chi connectivity index (χ3v) is 6.58. The molecule has 0 N–H and O–H groups in total. The normalized spacial score (nSPS) is 11.6. The largest absolute Gasteiger partial charge is 0.285 e. The minimum absolute atomic E-state index is 0.116. The number of anilines is 1. The molecule has 8 heteroatoms. The molecule has 0 fully saturated rings. The summed E-state index contributed by atoms with van der Waals surface area (Å²) in [7, 11) is -3.86. The van der Waals surface area contributed by atoms with Crippen LogP contribution in [0.15, 0.2) is 77.8 Å². The standard InChI is InChI=1S/C20H17ClN4O2S/c1-15-22-23-20-12-11-18(14-24(15)20)28(26,27)25(17-8-3-2-4-9-17)13-16-7-5-6-10-19(16)21/h2-12,14H,13H2,1H3. The van der Waals surface area contributed by atoms with Gasteiger partial charge in [-0.15, -0.1) is 10.2 Å². The van der Waals surface area contributed by atoms with Crippen LogP contribution in [-0.4, -0.2) is 23.0 Å². The van der Waals surface area contributed by atoms with Gasteiger partial charge in [0.05, 0.1) is 12.2 Å². The lowest BCUT2D eigenvalue weighted by Crippen LogP contribution is -2.30. The molecule has 0 aliphatic rings. The van der Waals surface area contributed by atoms with Crippen molar-refractivity contribution in [3.8, 4) is 0 Å². The van der Waals surface area contributed by atoms with E-state index in [0.29, 0.717) is 22.2 Å². The van der Waals surface area contributed by atoms with Crippen LogP contribution in [0.4, 0.5) is 5.69 Å². The maximum absolute atomic E-state index is 13.6. The first-order chi connectivity index (χ1) is 13.5. The smallest absolute Gasteiger partial charge is 0.266 e. The molecule has 28 heavy (non-hydrogen) atoms. The number of fused-ring (bicyclic) bond motifs is 1. The van der Waals surface area contributed by atoms with E-state index in [1.807, 2.05) is 24.3 Å². The molecule has 142 valence electrons. The second-order valence-electron chi connectivity index (χ2n) is 6.28. The molecule has 0 aliphatic heterocycles. The van der Waals surface area contributed by atoms with Gasteiger partial charge in [-0.2, -0.15) is 0 Å². The van der Waals surface area contributed by atoms with Gasteiger partial charge in [0.15, 0.2) is 5.65 Å². The summed E-state index contributed by atoms with van der Waals surface area (Å²) in [5.74, 6) is 0.615.